The fourth-order valence-corrected chi connectivity index (χ4v) is 3.04. The first-order valence-corrected chi connectivity index (χ1v) is 7.48. The Bertz CT molecular complexity index is 325. The van der Waals surface area contributed by atoms with Gasteiger partial charge in [-0.05, 0) is 25.7 Å². The van der Waals surface area contributed by atoms with Gasteiger partial charge in [0.15, 0.2) is 0 Å². The summed E-state index contributed by atoms with van der Waals surface area (Å²) < 4.78 is 0. The lowest BCUT2D eigenvalue weighted by Gasteiger charge is -2.32. The Hall–Kier alpha value is -1.26. The zero-order chi connectivity index (χ0) is 13.7. The lowest BCUT2D eigenvalue weighted by Crippen LogP contribution is -2.51. The molecule has 2 saturated heterocycles. The van der Waals surface area contributed by atoms with Crippen molar-refractivity contribution in [2.24, 2.45) is 0 Å². The van der Waals surface area contributed by atoms with E-state index in [2.05, 4.69) is 0 Å². The Morgan fingerprint density at radius 3 is 2.05 bits per heavy atom. The smallest absolute Gasteiger partial charge is 0.326 e. The van der Waals surface area contributed by atoms with E-state index in [1.165, 1.54) is 12.8 Å². The molecule has 0 bridgehead atoms. The number of carboxylic acids is 1. The lowest BCUT2D eigenvalue weighted by atomic mass is 10.1. The molecule has 0 saturated carbocycles. The number of carboxylic acid groups (broad SMARTS) is 1. The average Bonchev–Trinajstić information content (AvgIpc) is 2.80. The molecule has 0 aliphatic carbocycles. The topological polar surface area (TPSA) is 60.9 Å². The fourth-order valence-electron chi connectivity index (χ4n) is 3.04. The first-order chi connectivity index (χ1) is 9.20. The van der Waals surface area contributed by atoms with Gasteiger partial charge in [0, 0.05) is 19.6 Å². The van der Waals surface area contributed by atoms with E-state index in [0.717, 1.165) is 45.2 Å². The summed E-state index contributed by atoms with van der Waals surface area (Å²) >= 11 is 0. The van der Waals surface area contributed by atoms with Crippen LogP contribution in [-0.2, 0) is 4.79 Å². The molecule has 2 aliphatic heterocycles. The SMILES string of the molecule is O=C(O)C1CCCCCN1C(=O)N1CCCCCC1. The van der Waals surface area contributed by atoms with Crippen LogP contribution in [0.5, 0.6) is 0 Å². The molecular weight excluding hydrogens is 244 g/mol. The molecule has 2 aliphatic rings. The number of urea groups is 1. The van der Waals surface area contributed by atoms with Crippen molar-refractivity contribution in [3.63, 3.8) is 0 Å². The third kappa shape index (κ3) is 3.61. The molecule has 0 spiro atoms. The van der Waals surface area contributed by atoms with E-state index in [4.69, 9.17) is 0 Å². The highest BCUT2D eigenvalue weighted by Crippen LogP contribution is 2.20. The number of hydrogen-bond acceptors (Lipinski definition) is 2. The van der Waals surface area contributed by atoms with E-state index in [1.54, 1.807) is 4.90 Å². The van der Waals surface area contributed by atoms with Crippen LogP contribution in [0.2, 0.25) is 0 Å². The Morgan fingerprint density at radius 1 is 0.842 bits per heavy atom. The maximum Gasteiger partial charge on any atom is 0.326 e. The largest absolute Gasteiger partial charge is 0.480 e. The molecule has 0 aromatic heterocycles. The quantitative estimate of drug-likeness (QED) is 0.794. The predicted molar refractivity (Wildman–Crippen MR) is 72.0 cm³/mol. The molecule has 5 nitrogen and oxygen atoms in total. The maximum atomic E-state index is 12.6. The maximum absolute atomic E-state index is 12.6. The number of likely N-dealkylation sites (tertiary alicyclic amines) is 2. The van der Waals surface area contributed by atoms with Gasteiger partial charge in [-0.25, -0.2) is 9.59 Å². The number of hydrogen-bond donors (Lipinski definition) is 1. The molecule has 0 aromatic carbocycles. The van der Waals surface area contributed by atoms with Crippen LogP contribution in [0.4, 0.5) is 4.79 Å². The van der Waals surface area contributed by atoms with Crippen LogP contribution in [0, 0.1) is 0 Å². The number of nitrogens with zero attached hydrogens (tertiary/aromatic N) is 2. The van der Waals surface area contributed by atoms with Crippen LogP contribution in [0.3, 0.4) is 0 Å². The van der Waals surface area contributed by atoms with Crippen molar-refractivity contribution in [2.45, 2.75) is 57.4 Å². The Kier molecular flexibility index (Phi) is 5.05. The summed E-state index contributed by atoms with van der Waals surface area (Å²) in [5.41, 5.74) is 0. The molecule has 0 radical (unpaired) electrons. The lowest BCUT2D eigenvalue weighted by molar-refractivity contribution is -0.142. The third-order valence-corrected chi connectivity index (χ3v) is 4.16. The molecule has 1 N–H and O–H groups in total. The van der Waals surface area contributed by atoms with Gasteiger partial charge >= 0.3 is 12.0 Å². The highest BCUT2D eigenvalue weighted by atomic mass is 16.4. The molecule has 2 amide bonds. The van der Waals surface area contributed by atoms with Crippen molar-refractivity contribution in [2.75, 3.05) is 19.6 Å². The van der Waals surface area contributed by atoms with E-state index in [-0.39, 0.29) is 6.03 Å². The summed E-state index contributed by atoms with van der Waals surface area (Å²) in [5.74, 6) is -0.856. The second kappa shape index (κ2) is 6.78. The van der Waals surface area contributed by atoms with E-state index < -0.39 is 12.0 Å². The number of amides is 2. The summed E-state index contributed by atoms with van der Waals surface area (Å²) in [6, 6.07) is -0.686. The molecule has 108 valence electrons. The van der Waals surface area contributed by atoms with Crippen molar-refractivity contribution in [3.05, 3.63) is 0 Å². The standard InChI is InChI=1S/C14H24N2O3/c17-13(18)12-8-4-3-7-11-16(12)14(19)15-9-5-1-2-6-10-15/h12H,1-11H2,(H,17,18). The molecule has 2 heterocycles. The zero-order valence-electron chi connectivity index (χ0n) is 11.5. The molecule has 0 aromatic rings. The number of carbonyl (C=O) groups excluding carboxylic acids is 1. The van der Waals surface area contributed by atoms with Crippen LogP contribution in [0.25, 0.3) is 0 Å². The van der Waals surface area contributed by atoms with Crippen LogP contribution in [-0.4, -0.2) is 52.6 Å². The van der Waals surface area contributed by atoms with E-state index in [9.17, 15) is 14.7 Å². The molecule has 5 heteroatoms. The monoisotopic (exact) mass is 268 g/mol. The number of carbonyl (C=O) groups is 2. The van der Waals surface area contributed by atoms with Crippen molar-refractivity contribution >= 4 is 12.0 Å². The second-order valence-electron chi connectivity index (χ2n) is 5.58. The normalized spacial score (nSPS) is 25.6. The predicted octanol–water partition coefficient (Wildman–Crippen LogP) is 2.31. The van der Waals surface area contributed by atoms with Gasteiger partial charge < -0.3 is 14.9 Å². The average molecular weight is 268 g/mol. The first kappa shape index (κ1) is 14.2. The highest BCUT2D eigenvalue weighted by Gasteiger charge is 2.33. The highest BCUT2D eigenvalue weighted by molar-refractivity contribution is 5.82. The van der Waals surface area contributed by atoms with Crippen LogP contribution < -0.4 is 0 Å². The Labute approximate surface area is 114 Å². The molecule has 1 unspecified atom stereocenters. The third-order valence-electron chi connectivity index (χ3n) is 4.16. The molecule has 2 rings (SSSR count). The van der Waals surface area contributed by atoms with Crippen LogP contribution >= 0.6 is 0 Å². The Morgan fingerprint density at radius 2 is 1.42 bits per heavy atom. The van der Waals surface area contributed by atoms with E-state index in [0.29, 0.717) is 13.0 Å². The summed E-state index contributed by atoms with van der Waals surface area (Å²) in [7, 11) is 0. The van der Waals surface area contributed by atoms with Crippen molar-refractivity contribution in [3.8, 4) is 0 Å². The van der Waals surface area contributed by atoms with Crippen LogP contribution in [0.15, 0.2) is 0 Å². The van der Waals surface area contributed by atoms with Gasteiger partial charge in [-0.2, -0.15) is 0 Å². The van der Waals surface area contributed by atoms with Crippen molar-refractivity contribution < 1.29 is 14.7 Å². The zero-order valence-corrected chi connectivity index (χ0v) is 11.5. The van der Waals surface area contributed by atoms with Gasteiger partial charge in [-0.3, -0.25) is 0 Å². The number of rotatable bonds is 1. The van der Waals surface area contributed by atoms with Gasteiger partial charge in [0.25, 0.3) is 0 Å². The number of aliphatic carboxylic acids is 1. The minimum atomic E-state index is -0.856. The van der Waals surface area contributed by atoms with Gasteiger partial charge in [-0.15, -0.1) is 0 Å². The molecule has 19 heavy (non-hydrogen) atoms. The second-order valence-corrected chi connectivity index (χ2v) is 5.58. The first-order valence-electron chi connectivity index (χ1n) is 7.48. The Balaban J connectivity index is 2.06. The molecular formula is C14H24N2O3. The molecule has 2 fully saturated rings. The van der Waals surface area contributed by atoms with Crippen LogP contribution in [0.1, 0.15) is 51.4 Å². The van der Waals surface area contributed by atoms with Gasteiger partial charge in [-0.1, -0.05) is 25.7 Å². The minimum Gasteiger partial charge on any atom is -0.480 e. The summed E-state index contributed by atoms with van der Waals surface area (Å²) in [6.07, 6.45) is 7.86. The summed E-state index contributed by atoms with van der Waals surface area (Å²) in [6.45, 7) is 2.15. The van der Waals surface area contributed by atoms with E-state index >= 15 is 0 Å². The van der Waals surface area contributed by atoms with E-state index in [1.807, 2.05) is 4.90 Å². The van der Waals surface area contributed by atoms with Gasteiger partial charge in [0.2, 0.25) is 0 Å². The molecule has 1 atom stereocenters. The van der Waals surface area contributed by atoms with Gasteiger partial charge in [0.05, 0.1) is 0 Å². The minimum absolute atomic E-state index is 0.0591. The van der Waals surface area contributed by atoms with Gasteiger partial charge in [0.1, 0.15) is 6.04 Å². The fraction of sp³-hybridized carbons (Fsp3) is 0.857. The summed E-state index contributed by atoms with van der Waals surface area (Å²) in [4.78, 5) is 27.4. The van der Waals surface area contributed by atoms with Crippen molar-refractivity contribution in [1.82, 2.24) is 9.80 Å². The summed E-state index contributed by atoms with van der Waals surface area (Å²) in [5, 5.41) is 9.32. The van der Waals surface area contributed by atoms with Crippen molar-refractivity contribution in [1.29, 1.82) is 0 Å².